The monoisotopic (exact) mass is 246 g/mol. The van der Waals surface area contributed by atoms with Gasteiger partial charge in [0.2, 0.25) is 0 Å². The molecule has 0 amide bonds. The Kier molecular flexibility index (Phi) is 171. The Morgan fingerprint density at radius 3 is 1.00 bits per heavy atom. The van der Waals surface area contributed by atoms with Gasteiger partial charge >= 0.3 is 0 Å². The van der Waals surface area contributed by atoms with E-state index in [0.29, 0.717) is 0 Å². The first-order valence-corrected chi connectivity index (χ1v) is 0. The fourth-order valence-corrected chi connectivity index (χ4v) is 0. The van der Waals surface area contributed by atoms with Crippen molar-refractivity contribution in [3.8, 4) is 0 Å². The molecular formula is H3FeMoNiP. The van der Waals surface area contributed by atoms with Crippen LogP contribution in [-0.2, 0) is 54.6 Å². The first-order valence-electron chi connectivity index (χ1n) is 0. The summed E-state index contributed by atoms with van der Waals surface area (Å²) in [6.45, 7) is 0. The fraction of sp³-hybridized carbons (Fsp3) is 0. The zero-order chi connectivity index (χ0) is 0. The Morgan fingerprint density at radius 2 is 1.00 bits per heavy atom. The molecule has 0 heterocycles. The van der Waals surface area contributed by atoms with E-state index in [1.807, 2.05) is 0 Å². The molecule has 0 bridgehead atoms. The van der Waals surface area contributed by atoms with Gasteiger partial charge in [-0.3, -0.25) is 0 Å². The summed E-state index contributed by atoms with van der Waals surface area (Å²) in [6, 6.07) is 0. The Hall–Kier alpha value is 2.13. The van der Waals surface area contributed by atoms with E-state index in [2.05, 4.69) is 0 Å². The summed E-state index contributed by atoms with van der Waals surface area (Å²) in [6.07, 6.45) is 0. The van der Waals surface area contributed by atoms with Crippen LogP contribution in [0.5, 0.6) is 0 Å². The second-order valence-electron chi connectivity index (χ2n) is 0. The largest absolute Gasteiger partial charge is 0.153 e. The van der Waals surface area contributed by atoms with Crippen molar-refractivity contribution in [2.24, 2.45) is 0 Å². The first-order chi connectivity index (χ1) is 0. The average Bonchev–Trinajstić information content (AvgIpc) is 0. The van der Waals surface area contributed by atoms with Crippen LogP contribution in [0.1, 0.15) is 0 Å². The zero-order valence-corrected chi connectivity index (χ0v) is 7.30. The maximum atomic E-state index is 0. The van der Waals surface area contributed by atoms with Gasteiger partial charge < -0.3 is 0 Å². The summed E-state index contributed by atoms with van der Waals surface area (Å²) in [5.41, 5.74) is 0. The van der Waals surface area contributed by atoms with Gasteiger partial charge in [0.15, 0.2) is 0 Å². The van der Waals surface area contributed by atoms with E-state index >= 15 is 0 Å². The molecule has 0 rings (SSSR count). The van der Waals surface area contributed by atoms with Crippen LogP contribution < -0.4 is 0 Å². The van der Waals surface area contributed by atoms with Crippen molar-refractivity contribution in [3.63, 3.8) is 0 Å². The Balaban J connectivity index is 0. The van der Waals surface area contributed by atoms with Crippen LogP contribution in [0.15, 0.2) is 0 Å². The Labute approximate surface area is 64.1 Å². The van der Waals surface area contributed by atoms with Crippen LogP contribution >= 0.6 is 9.90 Å². The molecule has 0 aromatic carbocycles. The molecule has 0 saturated heterocycles. The molecule has 0 fully saturated rings. The standard InChI is InChI=1S/Fe.Mo.Ni.H3P/h;;;1H3. The van der Waals surface area contributed by atoms with Crippen molar-refractivity contribution in [2.75, 3.05) is 0 Å². The van der Waals surface area contributed by atoms with Crippen molar-refractivity contribution < 1.29 is 54.6 Å². The molecule has 0 aliphatic carbocycles. The molecule has 0 aliphatic heterocycles. The van der Waals surface area contributed by atoms with E-state index in [0.717, 1.165) is 0 Å². The van der Waals surface area contributed by atoms with Crippen LogP contribution in [0.25, 0.3) is 0 Å². The molecule has 0 aromatic heterocycles. The van der Waals surface area contributed by atoms with Gasteiger partial charge in [-0.25, -0.2) is 0 Å². The van der Waals surface area contributed by atoms with Crippen molar-refractivity contribution in [3.05, 3.63) is 0 Å². The zero-order valence-electron chi connectivity index (χ0n) is 1.79. The molecule has 4 heteroatoms. The normalized spacial score (nSPS) is 0. The van der Waals surface area contributed by atoms with Crippen LogP contribution in [0.4, 0.5) is 0 Å². The van der Waals surface area contributed by atoms with Gasteiger partial charge in [0.25, 0.3) is 0 Å². The average molecular weight is 244 g/mol. The minimum absolute atomic E-state index is 0. The summed E-state index contributed by atoms with van der Waals surface area (Å²) in [7, 11) is 0. The maximum Gasteiger partial charge on any atom is 0 e. The quantitative estimate of drug-likeness (QED) is 0.417. The van der Waals surface area contributed by atoms with E-state index in [1.165, 1.54) is 0 Å². The molecule has 4 heavy (non-hydrogen) atoms. The molecule has 0 radical (unpaired) electrons. The van der Waals surface area contributed by atoms with E-state index in [4.69, 9.17) is 0 Å². The predicted molar refractivity (Wildman–Crippen MR) is 11.1 cm³/mol. The van der Waals surface area contributed by atoms with Crippen molar-refractivity contribution in [1.29, 1.82) is 0 Å². The van der Waals surface area contributed by atoms with Gasteiger partial charge in [0.05, 0.1) is 0 Å². The number of hydrogen-bond acceptors (Lipinski definition) is 0. The second-order valence-corrected chi connectivity index (χ2v) is 0. The van der Waals surface area contributed by atoms with Gasteiger partial charge in [0, 0.05) is 54.6 Å². The third-order valence-electron chi connectivity index (χ3n) is 0. The molecular weight excluding hydrogens is 241 g/mol. The summed E-state index contributed by atoms with van der Waals surface area (Å²) >= 11 is 0. The molecule has 0 saturated carbocycles. The van der Waals surface area contributed by atoms with Crippen LogP contribution in [0, 0.1) is 0 Å². The molecule has 0 nitrogen and oxygen atoms in total. The molecule has 0 aromatic rings. The van der Waals surface area contributed by atoms with Gasteiger partial charge in [-0.15, -0.1) is 0 Å². The van der Waals surface area contributed by atoms with E-state index in [9.17, 15) is 0 Å². The molecule has 0 spiro atoms. The Bertz CT molecular complexity index is 8.00. The van der Waals surface area contributed by atoms with Gasteiger partial charge in [-0.05, 0) is 0 Å². The summed E-state index contributed by atoms with van der Waals surface area (Å²) in [5, 5.41) is 0. The number of rotatable bonds is 0. The van der Waals surface area contributed by atoms with Gasteiger partial charge in [0.1, 0.15) is 0 Å². The first kappa shape index (κ1) is 35.5. The SMILES string of the molecule is P.[Fe].[Mo].[Ni]. The number of hydrogen-bond donors (Lipinski definition) is 0. The van der Waals surface area contributed by atoms with Gasteiger partial charge in [-0.1, -0.05) is 0 Å². The Morgan fingerprint density at radius 1 is 1.00 bits per heavy atom. The molecule has 0 N–H and O–H groups in total. The topological polar surface area (TPSA) is 0 Å². The molecule has 32 valence electrons. The van der Waals surface area contributed by atoms with Crippen LogP contribution in [0.3, 0.4) is 0 Å². The van der Waals surface area contributed by atoms with E-state index in [-0.39, 0.29) is 64.5 Å². The third kappa shape index (κ3) is 8.92. The fourth-order valence-electron chi connectivity index (χ4n) is 0. The second kappa shape index (κ2) is 19.3. The van der Waals surface area contributed by atoms with Crippen LogP contribution in [0.2, 0.25) is 0 Å². The van der Waals surface area contributed by atoms with Crippen LogP contribution in [-0.4, -0.2) is 0 Å². The smallest absolute Gasteiger partial charge is 0 e. The predicted octanol–water partition coefficient (Wildman–Crippen LogP) is 0.0506. The third-order valence-corrected chi connectivity index (χ3v) is 0. The van der Waals surface area contributed by atoms with Crippen molar-refractivity contribution in [1.82, 2.24) is 0 Å². The summed E-state index contributed by atoms with van der Waals surface area (Å²) < 4.78 is 0. The van der Waals surface area contributed by atoms with Crippen molar-refractivity contribution >= 4 is 9.90 Å². The van der Waals surface area contributed by atoms with E-state index in [1.54, 1.807) is 0 Å². The summed E-state index contributed by atoms with van der Waals surface area (Å²) in [4.78, 5) is 0. The van der Waals surface area contributed by atoms with Gasteiger partial charge in [-0.2, -0.15) is 9.90 Å². The molecule has 1 atom stereocenters. The minimum atomic E-state index is 0. The van der Waals surface area contributed by atoms with E-state index < -0.39 is 0 Å². The van der Waals surface area contributed by atoms with Crippen molar-refractivity contribution in [2.45, 2.75) is 0 Å². The molecule has 1 unspecified atom stereocenters. The molecule has 0 aliphatic rings. The summed E-state index contributed by atoms with van der Waals surface area (Å²) in [5.74, 6) is 0. The maximum absolute atomic E-state index is 0. The minimum Gasteiger partial charge on any atom is -0.153 e.